The first-order valence-electron chi connectivity index (χ1n) is 6.66. The van der Waals surface area contributed by atoms with Crippen molar-refractivity contribution in [1.29, 1.82) is 0 Å². The van der Waals surface area contributed by atoms with E-state index in [1.54, 1.807) is 0 Å². The normalized spacial score (nSPS) is 11.7. The Bertz CT molecular complexity index is 642. The second-order valence-electron chi connectivity index (χ2n) is 4.55. The van der Waals surface area contributed by atoms with Gasteiger partial charge in [0.15, 0.2) is 0 Å². The topological polar surface area (TPSA) is 98.7 Å². The molecule has 0 bridgehead atoms. The third-order valence-corrected chi connectivity index (χ3v) is 4.16. The summed E-state index contributed by atoms with van der Waals surface area (Å²) in [4.78, 5) is 24.1. The molecule has 116 valence electrons. The summed E-state index contributed by atoms with van der Waals surface area (Å²) >= 11 is 0.982. The maximum atomic E-state index is 12.3. The van der Waals surface area contributed by atoms with Gasteiger partial charge in [-0.1, -0.05) is 30.3 Å². The fraction of sp³-hybridized carbons (Fsp3) is 0.200. The number of nitrogens with one attached hydrogen (secondary N) is 2. The summed E-state index contributed by atoms with van der Waals surface area (Å²) in [5, 5.41) is 20.6. The molecule has 6 nitrogen and oxygen atoms in total. The van der Waals surface area contributed by atoms with Crippen molar-refractivity contribution in [3.63, 3.8) is 0 Å². The minimum Gasteiger partial charge on any atom is -0.396 e. The second kappa shape index (κ2) is 7.69. The predicted molar refractivity (Wildman–Crippen MR) is 81.9 cm³/mol. The summed E-state index contributed by atoms with van der Waals surface area (Å²) < 4.78 is 0. The molecule has 0 radical (unpaired) electrons. The van der Waals surface area contributed by atoms with Crippen molar-refractivity contribution in [2.75, 3.05) is 6.61 Å². The van der Waals surface area contributed by atoms with E-state index in [2.05, 4.69) is 5.32 Å². The molecule has 7 heteroatoms. The lowest BCUT2D eigenvalue weighted by molar-refractivity contribution is 0.0711. The van der Waals surface area contributed by atoms with Gasteiger partial charge in [-0.3, -0.25) is 14.8 Å². The molecule has 2 amide bonds. The van der Waals surface area contributed by atoms with E-state index in [0.717, 1.165) is 16.9 Å². The zero-order valence-electron chi connectivity index (χ0n) is 11.7. The predicted octanol–water partition coefficient (Wildman–Crippen LogP) is 1.72. The molecular weight excluding hydrogens is 304 g/mol. The molecule has 2 aromatic rings. The van der Waals surface area contributed by atoms with Gasteiger partial charge >= 0.3 is 0 Å². The molecule has 0 aliphatic rings. The minimum atomic E-state index is -0.654. The second-order valence-corrected chi connectivity index (χ2v) is 5.64. The fourth-order valence-corrected chi connectivity index (χ4v) is 2.80. The van der Waals surface area contributed by atoms with E-state index >= 15 is 0 Å². The lowest BCUT2D eigenvalue weighted by atomic mass is 10.0. The van der Waals surface area contributed by atoms with Crippen molar-refractivity contribution < 1.29 is 19.9 Å². The van der Waals surface area contributed by atoms with Crippen LogP contribution < -0.4 is 10.8 Å². The summed E-state index contributed by atoms with van der Waals surface area (Å²) in [6, 6.07) is 12.0. The number of carbonyl (C=O) groups is 2. The third-order valence-electron chi connectivity index (χ3n) is 3.08. The van der Waals surface area contributed by atoms with Crippen LogP contribution in [0.3, 0.4) is 0 Å². The van der Waals surface area contributed by atoms with Crippen LogP contribution in [0.2, 0.25) is 0 Å². The Morgan fingerprint density at radius 1 is 1.05 bits per heavy atom. The maximum absolute atomic E-state index is 12.3. The number of carbonyl (C=O) groups excluding carboxylic acids is 2. The highest BCUT2D eigenvalue weighted by molar-refractivity contribution is 7.15. The lowest BCUT2D eigenvalue weighted by Gasteiger charge is -2.17. The Labute approximate surface area is 131 Å². The number of rotatable bonds is 6. The van der Waals surface area contributed by atoms with Gasteiger partial charge in [-0.25, -0.2) is 5.48 Å². The zero-order valence-corrected chi connectivity index (χ0v) is 12.5. The molecule has 0 fully saturated rings. The summed E-state index contributed by atoms with van der Waals surface area (Å²) in [7, 11) is 0. The van der Waals surface area contributed by atoms with Gasteiger partial charge in [-0.05, 0) is 24.1 Å². The van der Waals surface area contributed by atoms with Crippen molar-refractivity contribution in [2.45, 2.75) is 12.5 Å². The number of hydrogen-bond acceptors (Lipinski definition) is 5. The van der Waals surface area contributed by atoms with Crippen molar-refractivity contribution in [3.8, 4) is 0 Å². The number of aliphatic hydroxyl groups is 1. The quantitative estimate of drug-likeness (QED) is 0.481. The van der Waals surface area contributed by atoms with Crippen molar-refractivity contribution >= 4 is 23.2 Å². The van der Waals surface area contributed by atoms with E-state index in [9.17, 15) is 9.59 Å². The summed E-state index contributed by atoms with van der Waals surface area (Å²) in [5.41, 5.74) is 2.43. The van der Waals surface area contributed by atoms with Gasteiger partial charge in [0, 0.05) is 6.61 Å². The Kier molecular flexibility index (Phi) is 5.65. The van der Waals surface area contributed by atoms with Crippen molar-refractivity contribution in [3.05, 3.63) is 57.8 Å². The van der Waals surface area contributed by atoms with Gasteiger partial charge in [0.1, 0.15) is 0 Å². The lowest BCUT2D eigenvalue weighted by Crippen LogP contribution is -2.28. The average molecular weight is 320 g/mol. The summed E-state index contributed by atoms with van der Waals surface area (Å²) in [6.07, 6.45) is 0.394. The standard InChI is InChI=1S/C15H16N2O4S/c18-9-8-11(10-4-2-1-3-5-10)16-14(19)12-6-7-13(22-12)15(20)17-21/h1-7,11,18,21H,8-9H2,(H,16,19)(H,17,20). The van der Waals surface area contributed by atoms with E-state index in [1.807, 2.05) is 30.3 Å². The van der Waals surface area contributed by atoms with E-state index in [1.165, 1.54) is 17.6 Å². The van der Waals surface area contributed by atoms with E-state index < -0.39 is 5.91 Å². The molecule has 4 N–H and O–H groups in total. The van der Waals surface area contributed by atoms with Crippen LogP contribution >= 0.6 is 11.3 Å². The SMILES string of the molecule is O=C(NO)c1ccc(C(=O)NC(CCO)c2ccccc2)s1. The highest BCUT2D eigenvalue weighted by Crippen LogP contribution is 2.20. The van der Waals surface area contributed by atoms with Gasteiger partial charge in [0.2, 0.25) is 0 Å². The van der Waals surface area contributed by atoms with Gasteiger partial charge in [0.05, 0.1) is 15.8 Å². The number of amides is 2. The van der Waals surface area contributed by atoms with Crippen molar-refractivity contribution in [2.24, 2.45) is 0 Å². The Morgan fingerprint density at radius 2 is 1.68 bits per heavy atom. The molecule has 2 rings (SSSR count). The van der Waals surface area contributed by atoms with Crippen molar-refractivity contribution in [1.82, 2.24) is 10.8 Å². The van der Waals surface area contributed by atoms with Gasteiger partial charge < -0.3 is 10.4 Å². The molecule has 1 aromatic heterocycles. The van der Waals surface area contributed by atoms with Crippen LogP contribution in [-0.2, 0) is 0 Å². The average Bonchev–Trinajstić information content (AvgIpc) is 3.04. The molecule has 0 aliphatic heterocycles. The number of benzene rings is 1. The summed E-state index contributed by atoms with van der Waals surface area (Å²) in [5.74, 6) is -0.983. The molecular formula is C15H16N2O4S. The number of aliphatic hydroxyl groups excluding tert-OH is 1. The molecule has 0 spiro atoms. The van der Waals surface area contributed by atoms with Gasteiger partial charge in [-0.15, -0.1) is 11.3 Å². The van der Waals surface area contributed by atoms with Crippen LogP contribution in [0.4, 0.5) is 0 Å². The monoisotopic (exact) mass is 320 g/mol. The van der Waals surface area contributed by atoms with Crippen LogP contribution in [-0.4, -0.2) is 28.7 Å². The smallest absolute Gasteiger partial charge is 0.284 e. The number of thiophene rings is 1. The molecule has 0 aliphatic carbocycles. The van der Waals surface area contributed by atoms with Crippen LogP contribution in [0.1, 0.15) is 37.4 Å². The van der Waals surface area contributed by atoms with E-state index in [-0.39, 0.29) is 23.4 Å². The van der Waals surface area contributed by atoms with Gasteiger partial charge in [0.25, 0.3) is 11.8 Å². The Hall–Kier alpha value is -2.22. The molecule has 1 unspecified atom stereocenters. The summed E-state index contributed by atoms with van der Waals surface area (Å²) in [6.45, 7) is -0.0531. The Balaban J connectivity index is 2.11. The maximum Gasteiger partial charge on any atom is 0.284 e. The third kappa shape index (κ3) is 3.91. The molecule has 0 saturated heterocycles. The number of hydroxylamine groups is 1. The molecule has 1 atom stereocenters. The molecule has 1 aromatic carbocycles. The van der Waals surface area contributed by atoms with E-state index in [0.29, 0.717) is 11.3 Å². The van der Waals surface area contributed by atoms with Crippen LogP contribution in [0, 0.1) is 0 Å². The molecule has 1 heterocycles. The fourth-order valence-electron chi connectivity index (χ4n) is 2.00. The highest BCUT2D eigenvalue weighted by Gasteiger charge is 2.18. The van der Waals surface area contributed by atoms with Crippen LogP contribution in [0.25, 0.3) is 0 Å². The largest absolute Gasteiger partial charge is 0.396 e. The Morgan fingerprint density at radius 3 is 2.27 bits per heavy atom. The zero-order chi connectivity index (χ0) is 15.9. The van der Waals surface area contributed by atoms with Gasteiger partial charge in [-0.2, -0.15) is 0 Å². The van der Waals surface area contributed by atoms with Crippen LogP contribution in [0.5, 0.6) is 0 Å². The first-order valence-corrected chi connectivity index (χ1v) is 7.48. The van der Waals surface area contributed by atoms with Crippen LogP contribution in [0.15, 0.2) is 42.5 Å². The molecule has 22 heavy (non-hydrogen) atoms. The van der Waals surface area contributed by atoms with E-state index in [4.69, 9.17) is 10.3 Å². The number of hydrogen-bond donors (Lipinski definition) is 4. The first kappa shape index (κ1) is 16.2. The first-order chi connectivity index (χ1) is 10.7. The minimum absolute atomic E-state index is 0.0531. The highest BCUT2D eigenvalue weighted by atomic mass is 32.1. The molecule has 0 saturated carbocycles.